The third kappa shape index (κ3) is 7.64. The van der Waals surface area contributed by atoms with E-state index in [0.717, 1.165) is 44.9 Å². The zero-order valence-corrected chi connectivity index (χ0v) is 30.0. The predicted octanol–water partition coefficient (Wildman–Crippen LogP) is 5.27. The van der Waals surface area contributed by atoms with E-state index in [-0.39, 0.29) is 31.4 Å². The monoisotopic (exact) mass is 756 g/mol. The van der Waals surface area contributed by atoms with E-state index in [9.17, 15) is 24.3 Å². The van der Waals surface area contributed by atoms with Crippen LogP contribution in [-0.2, 0) is 19.1 Å². The minimum absolute atomic E-state index is 0.0291. The third-order valence-corrected chi connectivity index (χ3v) is 10.9. The Kier molecular flexibility index (Phi) is 11.0. The van der Waals surface area contributed by atoms with Crippen LogP contribution in [0.2, 0.25) is 0 Å². The van der Waals surface area contributed by atoms with Crippen LogP contribution in [0.3, 0.4) is 0 Å². The summed E-state index contributed by atoms with van der Waals surface area (Å²) in [5.74, 6) is -1.14. The lowest BCUT2D eigenvalue weighted by molar-refractivity contribution is -0.145. The molecule has 0 unspecified atom stereocenters. The molecule has 3 heterocycles. The third-order valence-electron chi connectivity index (χ3n) is 10.1. The Morgan fingerprint density at radius 2 is 1.88 bits per heavy atom. The number of rotatable bonds is 8. The van der Waals surface area contributed by atoms with E-state index in [1.807, 2.05) is 25.1 Å². The van der Waals surface area contributed by atoms with Crippen molar-refractivity contribution in [2.45, 2.75) is 107 Å². The number of ether oxygens (including phenoxy) is 4. The van der Waals surface area contributed by atoms with Gasteiger partial charge in [-0.25, -0.2) is 14.6 Å². The summed E-state index contributed by atoms with van der Waals surface area (Å²) in [4.78, 5) is 60.0. The summed E-state index contributed by atoms with van der Waals surface area (Å²) < 4.78 is 24.0. The van der Waals surface area contributed by atoms with Crippen LogP contribution in [0.1, 0.15) is 77.6 Å². The zero-order chi connectivity index (χ0) is 35.4. The van der Waals surface area contributed by atoms with Gasteiger partial charge in [-0.2, -0.15) is 0 Å². The molecule has 5 atom stereocenters. The highest BCUT2D eigenvalue weighted by Gasteiger charge is 2.61. The van der Waals surface area contributed by atoms with Gasteiger partial charge in [-0.05, 0) is 86.4 Å². The van der Waals surface area contributed by atoms with Crippen LogP contribution in [0.25, 0.3) is 10.9 Å². The molecule has 50 heavy (non-hydrogen) atoms. The van der Waals surface area contributed by atoms with Crippen LogP contribution in [0.4, 0.5) is 4.79 Å². The fraction of sp³-hybridized carbons (Fsp3) is 0.583. The molecule has 1 aromatic carbocycles. The summed E-state index contributed by atoms with van der Waals surface area (Å²) >= 11 is 3.58. The van der Waals surface area contributed by atoms with Gasteiger partial charge in [0.15, 0.2) is 0 Å². The Balaban J connectivity index is 1.31. The molecular formula is C36H45BrN4O9. The van der Waals surface area contributed by atoms with E-state index in [1.165, 1.54) is 4.90 Å². The Labute approximate surface area is 299 Å². The molecule has 3 amide bonds. The second-order valence-electron chi connectivity index (χ2n) is 13.5. The SMILES string of the molecule is CCOc1cc(O[C@@H]2C[C@H]3C(=O)N[C@]4(C(=O)O)C[C@H]4C=CCCCCC[C@H](NC(=O)OC4CCCC4)C(=O)N3C2)c2ccc(OC)c(Br)c2n1. The van der Waals surface area contributed by atoms with E-state index < -0.39 is 47.6 Å². The van der Waals surface area contributed by atoms with Crippen molar-refractivity contribution in [1.29, 1.82) is 0 Å². The second-order valence-corrected chi connectivity index (χ2v) is 14.3. The molecule has 14 heteroatoms. The van der Waals surface area contributed by atoms with E-state index in [4.69, 9.17) is 18.9 Å². The molecule has 0 radical (unpaired) electrons. The van der Waals surface area contributed by atoms with E-state index in [1.54, 1.807) is 19.2 Å². The van der Waals surface area contributed by atoms with Gasteiger partial charge >= 0.3 is 12.1 Å². The number of allylic oxidation sites excluding steroid dienone is 1. The van der Waals surface area contributed by atoms with Crippen LogP contribution in [0.15, 0.2) is 34.8 Å². The van der Waals surface area contributed by atoms with Gasteiger partial charge in [0, 0.05) is 23.8 Å². The number of halogens is 1. The minimum Gasteiger partial charge on any atom is -0.495 e. The lowest BCUT2D eigenvalue weighted by Gasteiger charge is -2.29. The molecule has 6 rings (SSSR count). The van der Waals surface area contributed by atoms with Crippen LogP contribution >= 0.6 is 15.9 Å². The summed E-state index contributed by atoms with van der Waals surface area (Å²) in [6, 6.07) is 3.29. The van der Waals surface area contributed by atoms with E-state index in [0.29, 0.717) is 52.2 Å². The second kappa shape index (κ2) is 15.4. The van der Waals surface area contributed by atoms with Crippen LogP contribution in [-0.4, -0.2) is 89.0 Å². The lowest BCUT2D eigenvalue weighted by Crippen LogP contribution is -2.56. The largest absolute Gasteiger partial charge is 0.495 e. The average molecular weight is 758 g/mol. The molecule has 3 fully saturated rings. The highest BCUT2D eigenvalue weighted by atomic mass is 79.9. The molecule has 0 bridgehead atoms. The highest BCUT2D eigenvalue weighted by molar-refractivity contribution is 9.10. The number of aromatic nitrogens is 1. The Morgan fingerprint density at radius 1 is 1.10 bits per heavy atom. The molecule has 1 saturated heterocycles. The number of amides is 3. The average Bonchev–Trinajstić information content (AvgIpc) is 3.36. The summed E-state index contributed by atoms with van der Waals surface area (Å²) in [7, 11) is 1.56. The first-order valence-electron chi connectivity index (χ1n) is 17.6. The van der Waals surface area contributed by atoms with Crippen molar-refractivity contribution in [2.24, 2.45) is 5.92 Å². The number of carbonyl (C=O) groups is 4. The van der Waals surface area contributed by atoms with Crippen molar-refractivity contribution >= 4 is 50.7 Å². The van der Waals surface area contributed by atoms with Gasteiger partial charge in [-0.3, -0.25) is 9.59 Å². The molecule has 4 aliphatic rings. The summed E-state index contributed by atoms with van der Waals surface area (Å²) in [5, 5.41) is 16.5. The van der Waals surface area contributed by atoms with Crippen LogP contribution in [0, 0.1) is 5.92 Å². The van der Waals surface area contributed by atoms with Crippen molar-refractivity contribution < 1.29 is 43.2 Å². The first kappa shape index (κ1) is 35.7. The molecule has 2 aromatic rings. The summed E-state index contributed by atoms with van der Waals surface area (Å²) in [5.41, 5.74) is -0.892. The van der Waals surface area contributed by atoms with Crippen molar-refractivity contribution in [3.63, 3.8) is 0 Å². The van der Waals surface area contributed by atoms with Gasteiger partial charge in [0.2, 0.25) is 17.7 Å². The van der Waals surface area contributed by atoms with Crippen LogP contribution in [0.5, 0.6) is 17.4 Å². The smallest absolute Gasteiger partial charge is 0.408 e. The Bertz CT molecular complexity index is 1650. The topological polar surface area (TPSA) is 166 Å². The number of carboxylic acid groups (broad SMARTS) is 1. The fourth-order valence-corrected chi connectivity index (χ4v) is 7.92. The van der Waals surface area contributed by atoms with E-state index in [2.05, 4.69) is 31.5 Å². The molecule has 2 aliphatic heterocycles. The highest BCUT2D eigenvalue weighted by Crippen LogP contribution is 2.46. The molecule has 270 valence electrons. The first-order valence-corrected chi connectivity index (χ1v) is 18.4. The maximum atomic E-state index is 14.4. The van der Waals surface area contributed by atoms with Gasteiger partial charge in [0.1, 0.15) is 41.3 Å². The van der Waals surface area contributed by atoms with Gasteiger partial charge in [0.25, 0.3) is 0 Å². The summed E-state index contributed by atoms with van der Waals surface area (Å²) in [6.07, 6.45) is 9.71. The van der Waals surface area contributed by atoms with Crippen molar-refractivity contribution in [3.8, 4) is 17.4 Å². The quantitative estimate of drug-likeness (QED) is 0.302. The summed E-state index contributed by atoms with van der Waals surface area (Å²) in [6.45, 7) is 2.24. The number of benzene rings is 1. The number of hydrogen-bond acceptors (Lipinski definition) is 9. The van der Waals surface area contributed by atoms with Crippen molar-refractivity contribution in [1.82, 2.24) is 20.5 Å². The van der Waals surface area contributed by atoms with Gasteiger partial charge in [-0.15, -0.1) is 0 Å². The fourth-order valence-electron chi connectivity index (χ4n) is 7.32. The maximum Gasteiger partial charge on any atom is 0.408 e. The maximum absolute atomic E-state index is 14.4. The predicted molar refractivity (Wildman–Crippen MR) is 186 cm³/mol. The molecule has 2 aliphatic carbocycles. The molecular weight excluding hydrogens is 712 g/mol. The number of nitrogens with one attached hydrogen (secondary N) is 2. The number of hydrogen-bond donors (Lipinski definition) is 3. The standard InChI is InChI=1S/C36H45BrN4O9/c1-3-48-29-18-28(24-15-16-27(47-2)30(37)31(24)39-29)49-23-17-26-32(42)40-36(34(44)45)19-21(36)11-7-5-4-6-8-14-25(33(43)41(26)20-23)38-35(46)50-22-12-9-10-13-22/h7,11,15-16,18,21-23,25-26H,3-6,8-10,12-14,17,19-20H2,1-2H3,(H,38,46)(H,40,42)(H,44,45)/t21-,23-,25+,26+,36-/m1/s1. The van der Waals surface area contributed by atoms with Crippen LogP contribution < -0.4 is 24.8 Å². The zero-order valence-electron chi connectivity index (χ0n) is 28.5. The van der Waals surface area contributed by atoms with Gasteiger partial charge in [0.05, 0.1) is 30.3 Å². The van der Waals surface area contributed by atoms with Crippen molar-refractivity contribution in [3.05, 3.63) is 34.8 Å². The molecule has 1 aromatic heterocycles. The first-order chi connectivity index (χ1) is 24.1. The minimum atomic E-state index is -1.44. The number of carboxylic acids is 1. The molecule has 13 nitrogen and oxygen atoms in total. The Hall–Kier alpha value is -4.07. The van der Waals surface area contributed by atoms with Gasteiger partial charge < -0.3 is 39.6 Å². The molecule has 2 saturated carbocycles. The molecule has 3 N–H and O–H groups in total. The number of aliphatic carboxylic acids is 1. The number of pyridine rings is 1. The number of carbonyl (C=O) groups excluding carboxylic acids is 3. The number of methoxy groups -OCH3 is 1. The van der Waals surface area contributed by atoms with Gasteiger partial charge in [-0.1, -0.05) is 25.0 Å². The Morgan fingerprint density at radius 3 is 2.62 bits per heavy atom. The van der Waals surface area contributed by atoms with E-state index >= 15 is 0 Å². The molecule has 0 spiro atoms. The number of fused-ring (bicyclic) bond motifs is 3. The number of nitrogens with zero attached hydrogens (tertiary/aromatic N) is 2. The number of alkyl carbamates (subject to hydrolysis) is 1. The van der Waals surface area contributed by atoms with Crippen molar-refractivity contribution in [2.75, 3.05) is 20.3 Å². The lowest BCUT2D eigenvalue weighted by atomic mass is 10.0. The normalized spacial score (nSPS) is 27.4.